The van der Waals surface area contributed by atoms with Gasteiger partial charge in [0.1, 0.15) is 12.2 Å². The van der Waals surface area contributed by atoms with Crippen LogP contribution in [0.4, 0.5) is 0 Å². The van der Waals surface area contributed by atoms with Crippen LogP contribution in [0.25, 0.3) is 10.4 Å². The third-order valence-corrected chi connectivity index (χ3v) is 15.1. The highest BCUT2D eigenvalue weighted by Gasteiger charge is 2.57. The van der Waals surface area contributed by atoms with Crippen molar-refractivity contribution in [2.45, 2.75) is 114 Å². The predicted molar refractivity (Wildman–Crippen MR) is 210 cm³/mol. The van der Waals surface area contributed by atoms with Gasteiger partial charge in [0.25, 0.3) is 14.2 Å². The number of nitrogens with zero attached hydrogens (tertiary/aromatic N) is 3. The van der Waals surface area contributed by atoms with Crippen LogP contribution in [0.5, 0.6) is 0 Å². The van der Waals surface area contributed by atoms with Gasteiger partial charge in [0, 0.05) is 25.7 Å². The van der Waals surface area contributed by atoms with Crippen molar-refractivity contribution < 1.29 is 57.2 Å². The van der Waals surface area contributed by atoms with Gasteiger partial charge in [-0.1, -0.05) is 105 Å². The third-order valence-electron chi connectivity index (χ3n) is 10.0. The molecular weight excluding hydrogens is 769 g/mol. The monoisotopic (exact) mass is 816 g/mol. The first-order chi connectivity index (χ1) is 27.6. The average molecular weight is 817 g/mol. The first-order valence-corrected chi connectivity index (χ1v) is 20.7. The fraction of sp³-hybridized carbons (Fsp3) is 0.439. The molecule has 3 aromatic rings. The molecule has 1 saturated heterocycles. The lowest BCUT2D eigenvalue weighted by Gasteiger charge is -2.50. The molecule has 17 heteroatoms. The van der Waals surface area contributed by atoms with E-state index in [1.807, 2.05) is 81.4 Å². The van der Waals surface area contributed by atoms with Crippen molar-refractivity contribution in [2.24, 2.45) is 5.11 Å². The fourth-order valence-corrected chi connectivity index (χ4v) is 12.4. The molecule has 2 aliphatic rings. The van der Waals surface area contributed by atoms with E-state index in [2.05, 4.69) is 15.3 Å². The van der Waals surface area contributed by atoms with E-state index in [1.54, 1.807) is 30.3 Å². The van der Waals surface area contributed by atoms with Crippen LogP contribution in [0.1, 0.15) is 64.7 Å². The smallest absolute Gasteiger partial charge is 0.338 e. The first-order valence-electron chi connectivity index (χ1n) is 18.8. The van der Waals surface area contributed by atoms with E-state index in [0.717, 1.165) is 31.1 Å². The maximum Gasteiger partial charge on any atom is 0.338 e. The highest BCUT2D eigenvalue weighted by Crippen LogP contribution is 2.40. The van der Waals surface area contributed by atoms with Gasteiger partial charge < -0.3 is 38.5 Å². The second kappa shape index (κ2) is 18.8. The standard InChI is InChI=1S/C41H48N4O12Si/c1-24(46)52-34-35(53-25(2)47)37(54-26(3)48)39(44-45-42)56-36(34)38(50)43-30-22-23-31(55-40(51)27-16-10-7-11-17-27)32(49)33(30)57-58(41(4,5)6,28-18-12-8-13-19-28)29-20-14-9-15-21-29/h7-21,30-37,39,49H,22-23H2,1-6H3,(H,43,50)/t30?,31-,32+,33+,34+,35+,36?,37?,39-/m1/s1. The van der Waals surface area contributed by atoms with Gasteiger partial charge in [0.05, 0.1) is 17.7 Å². The Morgan fingerprint density at radius 1 is 0.741 bits per heavy atom. The number of aliphatic hydroxyl groups excluding tert-OH is 1. The van der Waals surface area contributed by atoms with Gasteiger partial charge in [0.2, 0.25) is 0 Å². The molecule has 3 aromatic carbocycles. The summed E-state index contributed by atoms with van der Waals surface area (Å²) in [5, 5.41) is 19.9. The topological polar surface area (TPSA) is 222 Å². The number of azide groups is 1. The summed E-state index contributed by atoms with van der Waals surface area (Å²) in [5.41, 5.74) is 9.67. The van der Waals surface area contributed by atoms with E-state index in [4.69, 9.17) is 28.1 Å². The van der Waals surface area contributed by atoms with Crippen LogP contribution in [-0.4, -0.2) is 98.2 Å². The predicted octanol–water partition coefficient (Wildman–Crippen LogP) is 3.63. The molecule has 1 saturated carbocycles. The Balaban J connectivity index is 1.59. The Kier molecular flexibility index (Phi) is 14.1. The van der Waals surface area contributed by atoms with Crippen LogP contribution < -0.4 is 15.7 Å². The summed E-state index contributed by atoms with van der Waals surface area (Å²) in [7, 11) is -3.47. The van der Waals surface area contributed by atoms with Crippen molar-refractivity contribution in [1.29, 1.82) is 0 Å². The number of aliphatic hydroxyl groups is 1. The van der Waals surface area contributed by atoms with Crippen molar-refractivity contribution >= 4 is 48.5 Å². The molecule has 1 amide bonds. The molecule has 308 valence electrons. The van der Waals surface area contributed by atoms with E-state index in [1.165, 1.54) is 0 Å². The molecule has 0 bridgehead atoms. The van der Waals surface area contributed by atoms with Gasteiger partial charge in [-0.05, 0) is 45.9 Å². The van der Waals surface area contributed by atoms with Crippen molar-refractivity contribution in [3.8, 4) is 0 Å². The highest BCUT2D eigenvalue weighted by molar-refractivity contribution is 6.99. The van der Waals surface area contributed by atoms with Gasteiger partial charge in [0.15, 0.2) is 30.6 Å². The summed E-state index contributed by atoms with van der Waals surface area (Å²) >= 11 is 0. The van der Waals surface area contributed by atoms with Crippen LogP contribution in [0.15, 0.2) is 96.1 Å². The molecule has 0 aromatic heterocycles. The largest absolute Gasteiger partial charge is 0.456 e. The van der Waals surface area contributed by atoms with Crippen molar-refractivity contribution in [2.75, 3.05) is 0 Å². The second-order valence-corrected chi connectivity index (χ2v) is 19.4. The zero-order valence-corrected chi connectivity index (χ0v) is 34.1. The number of carbonyl (C=O) groups excluding carboxylic acids is 5. The molecule has 2 fully saturated rings. The quantitative estimate of drug-likeness (QED) is 0.0669. The maximum atomic E-state index is 14.5. The van der Waals surface area contributed by atoms with E-state index < -0.39 is 98.1 Å². The second-order valence-electron chi connectivity index (χ2n) is 15.1. The fourth-order valence-electron chi connectivity index (χ4n) is 7.65. The molecule has 3 unspecified atom stereocenters. The summed E-state index contributed by atoms with van der Waals surface area (Å²) in [6.45, 7) is 9.29. The van der Waals surface area contributed by atoms with Crippen LogP contribution >= 0.6 is 0 Å². The molecule has 2 N–H and O–H groups in total. The molecule has 0 spiro atoms. The molecule has 1 aliphatic carbocycles. The molecule has 58 heavy (non-hydrogen) atoms. The minimum absolute atomic E-state index is 0.0934. The first kappa shape index (κ1) is 43.5. The number of carbonyl (C=O) groups is 5. The number of esters is 4. The number of hydrogen-bond acceptors (Lipinski definition) is 13. The summed E-state index contributed by atoms with van der Waals surface area (Å²) < 4.78 is 35.5. The lowest BCUT2D eigenvalue weighted by Crippen LogP contribution is -2.72. The highest BCUT2D eigenvalue weighted by atomic mass is 28.4. The Hall–Kier alpha value is -5.58. The van der Waals surface area contributed by atoms with Gasteiger partial charge in [-0.15, -0.1) is 0 Å². The Morgan fingerprint density at radius 2 is 1.24 bits per heavy atom. The number of benzene rings is 3. The third kappa shape index (κ3) is 9.74. The van der Waals surface area contributed by atoms with Crippen molar-refractivity contribution in [3.63, 3.8) is 0 Å². The van der Waals surface area contributed by atoms with E-state index in [-0.39, 0.29) is 18.4 Å². The van der Waals surface area contributed by atoms with Crippen LogP contribution in [0, 0.1) is 0 Å². The molecule has 0 radical (unpaired) electrons. The Morgan fingerprint density at radius 3 is 1.74 bits per heavy atom. The van der Waals surface area contributed by atoms with E-state index in [0.29, 0.717) is 0 Å². The number of ether oxygens (including phenoxy) is 5. The Labute approximate surface area is 336 Å². The number of amides is 1. The van der Waals surface area contributed by atoms with Crippen LogP contribution in [0.3, 0.4) is 0 Å². The number of rotatable bonds is 12. The maximum absolute atomic E-state index is 14.5. The van der Waals surface area contributed by atoms with Gasteiger partial charge in [-0.25, -0.2) is 4.79 Å². The zero-order valence-electron chi connectivity index (χ0n) is 33.1. The lowest BCUT2D eigenvalue weighted by atomic mass is 9.87. The molecule has 1 heterocycles. The normalized spacial score (nSPS) is 25.9. The summed E-state index contributed by atoms with van der Waals surface area (Å²) in [6, 6.07) is 26.6. The SMILES string of the molecule is CC(=O)OC1[C@H](N=[N+]=[N-])OC(C(=O)NC2CC[C@@H](OC(=O)c3ccccc3)[C@H](O)[C@H]2O[Si](c2ccccc2)(c2ccccc2)C(C)(C)C)[C@@H](OC(C)=O)[C@@H]1OC(C)=O. The van der Waals surface area contributed by atoms with E-state index in [9.17, 15) is 34.6 Å². The zero-order chi connectivity index (χ0) is 42.2. The average Bonchev–Trinajstić information content (AvgIpc) is 3.18. The summed E-state index contributed by atoms with van der Waals surface area (Å²) in [5.74, 6) is -4.22. The van der Waals surface area contributed by atoms with Crippen molar-refractivity contribution in [3.05, 3.63) is 107 Å². The minimum atomic E-state index is -3.47. The molecule has 1 aliphatic heterocycles. The minimum Gasteiger partial charge on any atom is -0.456 e. The molecular formula is C41H48N4O12Si. The van der Waals surface area contributed by atoms with Crippen LogP contribution in [0.2, 0.25) is 5.04 Å². The van der Waals surface area contributed by atoms with E-state index >= 15 is 0 Å². The molecule has 9 atom stereocenters. The molecule has 5 rings (SSSR count). The Bertz CT molecular complexity index is 1940. The van der Waals surface area contributed by atoms with Crippen molar-refractivity contribution in [1.82, 2.24) is 5.32 Å². The van der Waals surface area contributed by atoms with Gasteiger partial charge in [-0.3, -0.25) is 19.2 Å². The molecule has 16 nitrogen and oxygen atoms in total. The number of hydrogen-bond donors (Lipinski definition) is 2. The van der Waals surface area contributed by atoms with Gasteiger partial charge >= 0.3 is 23.9 Å². The lowest BCUT2D eigenvalue weighted by molar-refractivity contribution is -0.243. The number of nitrogens with one attached hydrogen (secondary N) is 1. The summed E-state index contributed by atoms with van der Waals surface area (Å²) in [4.78, 5) is 67.5. The van der Waals surface area contributed by atoms with Crippen LogP contribution in [-0.2, 0) is 47.3 Å². The van der Waals surface area contributed by atoms with Gasteiger partial charge in [-0.2, -0.15) is 0 Å². The summed E-state index contributed by atoms with van der Waals surface area (Å²) in [6.07, 6.45) is -12.0.